The van der Waals surface area contributed by atoms with Gasteiger partial charge in [0.15, 0.2) is 0 Å². The molecule has 0 aliphatic carbocycles. The van der Waals surface area contributed by atoms with Crippen LogP contribution in [0.5, 0.6) is 0 Å². The van der Waals surface area contributed by atoms with Crippen LogP contribution in [-0.2, 0) is 17.8 Å². The molecule has 1 fully saturated rings. The average molecular weight is 324 g/mol. The van der Waals surface area contributed by atoms with Crippen molar-refractivity contribution in [1.82, 2.24) is 20.1 Å². The highest BCUT2D eigenvalue weighted by atomic mass is 16.5. The van der Waals surface area contributed by atoms with Crippen LogP contribution in [0, 0.1) is 5.92 Å². The van der Waals surface area contributed by atoms with Gasteiger partial charge in [-0.1, -0.05) is 12.1 Å². The van der Waals surface area contributed by atoms with Gasteiger partial charge in [0.2, 0.25) is 0 Å². The number of aromatic amines is 1. The Labute approximate surface area is 142 Å². The van der Waals surface area contributed by atoms with Gasteiger partial charge in [-0.2, -0.15) is 5.10 Å². The van der Waals surface area contributed by atoms with Gasteiger partial charge in [-0.15, -0.1) is 0 Å². The normalized spacial score (nSPS) is 20.9. The second kappa shape index (κ2) is 6.79. The molecule has 1 saturated heterocycles. The summed E-state index contributed by atoms with van der Waals surface area (Å²) < 4.78 is 7.94. The molecule has 0 unspecified atom stereocenters. The minimum absolute atomic E-state index is 0.167. The molecule has 126 valence electrons. The van der Waals surface area contributed by atoms with Crippen LogP contribution in [0.3, 0.4) is 0 Å². The van der Waals surface area contributed by atoms with Crippen molar-refractivity contribution >= 4 is 10.9 Å². The fraction of sp³-hybridized carbons (Fsp3) is 0.421. The van der Waals surface area contributed by atoms with E-state index in [1.807, 2.05) is 17.1 Å². The van der Waals surface area contributed by atoms with Gasteiger partial charge in [-0.3, -0.25) is 4.68 Å². The molecule has 3 aromatic rings. The third-order valence-electron chi connectivity index (χ3n) is 4.93. The van der Waals surface area contributed by atoms with E-state index in [9.17, 15) is 0 Å². The SMILES string of the molecule is CCn1cc([C@@H]2OCC[C@H]2CNCc2cccc3[nH]ccc23)cn1. The lowest BCUT2D eigenvalue weighted by atomic mass is 9.97. The van der Waals surface area contributed by atoms with Crippen LogP contribution in [0.1, 0.15) is 30.6 Å². The Morgan fingerprint density at radius 2 is 2.33 bits per heavy atom. The monoisotopic (exact) mass is 324 g/mol. The van der Waals surface area contributed by atoms with Gasteiger partial charge in [0.1, 0.15) is 0 Å². The summed E-state index contributed by atoms with van der Waals surface area (Å²) in [5.74, 6) is 0.505. The smallest absolute Gasteiger partial charge is 0.0896 e. The first-order valence-corrected chi connectivity index (χ1v) is 8.75. The molecule has 0 bridgehead atoms. The van der Waals surface area contributed by atoms with Crippen LogP contribution in [0.15, 0.2) is 42.9 Å². The average Bonchev–Trinajstić information content (AvgIpc) is 3.34. The van der Waals surface area contributed by atoms with E-state index in [0.717, 1.165) is 32.7 Å². The zero-order valence-corrected chi connectivity index (χ0v) is 14.0. The predicted molar refractivity (Wildman–Crippen MR) is 94.7 cm³/mol. The van der Waals surface area contributed by atoms with Gasteiger partial charge in [0, 0.05) is 61.0 Å². The number of nitrogens with one attached hydrogen (secondary N) is 2. The maximum Gasteiger partial charge on any atom is 0.0896 e. The number of aromatic nitrogens is 3. The van der Waals surface area contributed by atoms with Gasteiger partial charge in [0.05, 0.1) is 12.3 Å². The van der Waals surface area contributed by atoms with E-state index >= 15 is 0 Å². The summed E-state index contributed by atoms with van der Waals surface area (Å²) in [6.07, 6.45) is 7.33. The minimum Gasteiger partial charge on any atom is -0.373 e. The number of hydrogen-bond donors (Lipinski definition) is 2. The Hall–Kier alpha value is -2.11. The first-order valence-electron chi connectivity index (χ1n) is 8.75. The highest BCUT2D eigenvalue weighted by Crippen LogP contribution is 2.34. The van der Waals surface area contributed by atoms with Gasteiger partial charge < -0.3 is 15.0 Å². The maximum atomic E-state index is 5.97. The Bertz CT molecular complexity index is 806. The largest absolute Gasteiger partial charge is 0.373 e. The molecule has 0 saturated carbocycles. The van der Waals surface area contributed by atoms with Crippen molar-refractivity contribution in [1.29, 1.82) is 0 Å². The summed E-state index contributed by atoms with van der Waals surface area (Å²) in [6.45, 7) is 5.68. The third kappa shape index (κ3) is 2.97. The van der Waals surface area contributed by atoms with E-state index in [-0.39, 0.29) is 6.10 Å². The van der Waals surface area contributed by atoms with Gasteiger partial charge in [-0.05, 0) is 31.0 Å². The Morgan fingerprint density at radius 3 is 3.21 bits per heavy atom. The summed E-state index contributed by atoms with van der Waals surface area (Å²) >= 11 is 0. The lowest BCUT2D eigenvalue weighted by Gasteiger charge is -2.18. The molecule has 2 aromatic heterocycles. The van der Waals surface area contributed by atoms with Crippen molar-refractivity contribution in [2.24, 2.45) is 5.92 Å². The van der Waals surface area contributed by atoms with Crippen molar-refractivity contribution in [2.45, 2.75) is 32.5 Å². The number of benzene rings is 1. The Kier molecular flexibility index (Phi) is 4.36. The summed E-state index contributed by atoms with van der Waals surface area (Å²) in [5.41, 5.74) is 3.74. The quantitative estimate of drug-likeness (QED) is 0.732. The van der Waals surface area contributed by atoms with Crippen molar-refractivity contribution in [3.05, 3.63) is 54.0 Å². The molecule has 1 aliphatic heterocycles. The fourth-order valence-electron chi connectivity index (χ4n) is 3.61. The lowest BCUT2D eigenvalue weighted by molar-refractivity contribution is 0.0904. The van der Waals surface area contributed by atoms with Crippen LogP contribution in [0.25, 0.3) is 10.9 Å². The Morgan fingerprint density at radius 1 is 1.38 bits per heavy atom. The van der Waals surface area contributed by atoms with Crippen LogP contribution in [0.4, 0.5) is 0 Å². The third-order valence-corrected chi connectivity index (χ3v) is 4.93. The van der Waals surface area contributed by atoms with Crippen molar-refractivity contribution in [2.75, 3.05) is 13.2 Å². The Balaban J connectivity index is 1.39. The van der Waals surface area contributed by atoms with Crippen molar-refractivity contribution < 1.29 is 4.74 Å². The summed E-state index contributed by atoms with van der Waals surface area (Å²) in [6, 6.07) is 8.56. The van der Waals surface area contributed by atoms with Crippen LogP contribution in [-0.4, -0.2) is 27.9 Å². The second-order valence-corrected chi connectivity index (χ2v) is 6.46. The molecule has 0 amide bonds. The molecule has 1 aromatic carbocycles. The molecule has 4 rings (SSSR count). The number of nitrogens with zero attached hydrogens (tertiary/aromatic N) is 2. The highest BCUT2D eigenvalue weighted by molar-refractivity contribution is 5.82. The maximum absolute atomic E-state index is 5.97. The first kappa shape index (κ1) is 15.4. The van der Waals surface area contributed by atoms with E-state index in [1.54, 1.807) is 0 Å². The van der Waals surface area contributed by atoms with Crippen molar-refractivity contribution in [3.63, 3.8) is 0 Å². The number of aryl methyl sites for hydroxylation is 1. The molecule has 1 aliphatic rings. The molecule has 3 heterocycles. The van der Waals surface area contributed by atoms with E-state index in [1.165, 1.54) is 22.0 Å². The van der Waals surface area contributed by atoms with Gasteiger partial charge >= 0.3 is 0 Å². The molecule has 0 spiro atoms. The number of fused-ring (bicyclic) bond motifs is 1. The second-order valence-electron chi connectivity index (χ2n) is 6.46. The standard InChI is InChI=1S/C19H24N4O/c1-2-23-13-16(12-22-23)19-15(7-9-24-19)11-20-10-14-4-3-5-18-17(14)6-8-21-18/h3-6,8,12-13,15,19-21H,2,7,9-11H2,1H3/t15-,19+/m0/s1. The van der Waals surface area contributed by atoms with Gasteiger partial charge in [-0.25, -0.2) is 0 Å². The van der Waals surface area contributed by atoms with E-state index < -0.39 is 0 Å². The molecular formula is C19H24N4O. The van der Waals surface area contributed by atoms with E-state index in [0.29, 0.717) is 5.92 Å². The zero-order chi connectivity index (χ0) is 16.4. The van der Waals surface area contributed by atoms with Gasteiger partial charge in [0.25, 0.3) is 0 Å². The molecular weight excluding hydrogens is 300 g/mol. The lowest BCUT2D eigenvalue weighted by Crippen LogP contribution is -2.24. The number of ether oxygens (including phenoxy) is 1. The molecule has 2 atom stereocenters. The van der Waals surface area contributed by atoms with Crippen LogP contribution in [0.2, 0.25) is 0 Å². The highest BCUT2D eigenvalue weighted by Gasteiger charge is 2.30. The topological polar surface area (TPSA) is 54.9 Å². The summed E-state index contributed by atoms with van der Waals surface area (Å²) in [5, 5.41) is 9.31. The van der Waals surface area contributed by atoms with Crippen LogP contribution < -0.4 is 5.32 Å². The molecule has 5 nitrogen and oxygen atoms in total. The summed E-state index contributed by atoms with van der Waals surface area (Å²) in [7, 11) is 0. The molecule has 2 N–H and O–H groups in total. The van der Waals surface area contributed by atoms with E-state index in [4.69, 9.17) is 4.74 Å². The molecule has 5 heteroatoms. The molecule has 0 radical (unpaired) electrons. The minimum atomic E-state index is 0.167. The predicted octanol–water partition coefficient (Wildman–Crippen LogP) is 3.25. The number of hydrogen-bond acceptors (Lipinski definition) is 3. The fourth-order valence-corrected chi connectivity index (χ4v) is 3.61. The van der Waals surface area contributed by atoms with E-state index in [2.05, 4.69) is 52.8 Å². The number of rotatable bonds is 6. The number of H-pyrrole nitrogens is 1. The zero-order valence-electron chi connectivity index (χ0n) is 14.0. The van der Waals surface area contributed by atoms with Crippen molar-refractivity contribution in [3.8, 4) is 0 Å². The van der Waals surface area contributed by atoms with Crippen LogP contribution >= 0.6 is 0 Å². The summed E-state index contributed by atoms with van der Waals surface area (Å²) in [4.78, 5) is 3.27. The first-order chi connectivity index (χ1) is 11.8. The molecule has 24 heavy (non-hydrogen) atoms.